The van der Waals surface area contributed by atoms with Gasteiger partial charge in [0.1, 0.15) is 6.04 Å². The molecule has 2 fully saturated rings. The average molecular weight is 314 g/mol. The molecule has 3 atom stereocenters. The number of likely N-dealkylation sites (tertiary alicyclic amines) is 1. The fourth-order valence-electron chi connectivity index (χ4n) is 3.33. The predicted octanol–water partition coefficient (Wildman–Crippen LogP) is 3.00. The Morgan fingerprint density at radius 1 is 1.19 bits per heavy atom. The lowest BCUT2D eigenvalue weighted by atomic mass is 10.1. The summed E-state index contributed by atoms with van der Waals surface area (Å²) >= 11 is 1.59. The minimum atomic E-state index is -0.880. The van der Waals surface area contributed by atoms with Crippen molar-refractivity contribution in [2.45, 2.75) is 69.8 Å². The molecule has 0 aromatic carbocycles. The molecule has 5 nitrogen and oxygen atoms in total. The standard InChI is InChI=1S/C15H26N2O3S/c1-3-11-8-6-5-7-9-16(11)15(20)17-12(14(18)19)10-21-13(17)4-2/h11-13H,3-10H2,1-2H3,(H,18,19). The van der Waals surface area contributed by atoms with Crippen molar-refractivity contribution in [1.29, 1.82) is 0 Å². The van der Waals surface area contributed by atoms with Crippen molar-refractivity contribution in [3.8, 4) is 0 Å². The quantitative estimate of drug-likeness (QED) is 0.870. The molecule has 0 saturated carbocycles. The van der Waals surface area contributed by atoms with Crippen LogP contribution in [0.15, 0.2) is 0 Å². The molecule has 2 rings (SSSR count). The molecule has 2 aliphatic heterocycles. The first-order chi connectivity index (χ1) is 10.1. The molecule has 2 heterocycles. The Hall–Kier alpha value is -0.910. The molecule has 0 spiro atoms. The summed E-state index contributed by atoms with van der Waals surface area (Å²) in [5.41, 5.74) is 0. The van der Waals surface area contributed by atoms with Crippen LogP contribution in [0.3, 0.4) is 0 Å². The number of amides is 2. The van der Waals surface area contributed by atoms with Crippen LogP contribution in [0.5, 0.6) is 0 Å². The van der Waals surface area contributed by atoms with Gasteiger partial charge in [0.2, 0.25) is 0 Å². The van der Waals surface area contributed by atoms with Gasteiger partial charge in [-0.3, -0.25) is 4.90 Å². The zero-order valence-corrected chi connectivity index (χ0v) is 13.8. The van der Waals surface area contributed by atoms with Gasteiger partial charge in [-0.25, -0.2) is 9.59 Å². The van der Waals surface area contributed by atoms with Gasteiger partial charge in [-0.1, -0.05) is 26.7 Å². The highest BCUT2D eigenvalue weighted by molar-refractivity contribution is 8.00. The van der Waals surface area contributed by atoms with Crippen LogP contribution < -0.4 is 0 Å². The van der Waals surface area contributed by atoms with E-state index in [9.17, 15) is 14.7 Å². The maximum atomic E-state index is 13.0. The Kier molecular flexibility index (Phi) is 5.79. The molecule has 2 saturated heterocycles. The zero-order valence-electron chi connectivity index (χ0n) is 13.0. The molecule has 6 heteroatoms. The number of hydrogen-bond donors (Lipinski definition) is 1. The topological polar surface area (TPSA) is 60.9 Å². The summed E-state index contributed by atoms with van der Waals surface area (Å²) in [6.45, 7) is 4.89. The van der Waals surface area contributed by atoms with Crippen molar-refractivity contribution in [2.75, 3.05) is 12.3 Å². The van der Waals surface area contributed by atoms with E-state index in [0.29, 0.717) is 5.75 Å². The number of carbonyl (C=O) groups excluding carboxylic acids is 1. The SMILES string of the molecule is CCC1CCCCCN1C(=O)N1C(CC)SCC1C(=O)O. The summed E-state index contributed by atoms with van der Waals surface area (Å²) < 4.78 is 0. The first-order valence-corrected chi connectivity index (χ1v) is 9.08. The Balaban J connectivity index is 2.19. The third kappa shape index (κ3) is 3.47. The Labute approximate surface area is 131 Å². The van der Waals surface area contributed by atoms with E-state index in [1.54, 1.807) is 16.7 Å². The van der Waals surface area contributed by atoms with Crippen LogP contribution in [0.2, 0.25) is 0 Å². The van der Waals surface area contributed by atoms with E-state index < -0.39 is 12.0 Å². The number of rotatable bonds is 3. The number of carboxylic acids is 1. The molecule has 1 N–H and O–H groups in total. The number of carboxylic acid groups (broad SMARTS) is 1. The lowest BCUT2D eigenvalue weighted by Crippen LogP contribution is -2.54. The normalized spacial score (nSPS) is 30.3. The molecule has 21 heavy (non-hydrogen) atoms. The smallest absolute Gasteiger partial charge is 0.327 e. The summed E-state index contributed by atoms with van der Waals surface area (Å²) in [6, 6.07) is -0.473. The van der Waals surface area contributed by atoms with Gasteiger partial charge in [0.15, 0.2) is 0 Å². The number of thioether (sulfide) groups is 1. The van der Waals surface area contributed by atoms with E-state index in [0.717, 1.165) is 45.1 Å². The van der Waals surface area contributed by atoms with Crippen molar-refractivity contribution >= 4 is 23.8 Å². The summed E-state index contributed by atoms with van der Waals surface area (Å²) in [4.78, 5) is 28.0. The molecule has 3 unspecified atom stereocenters. The first-order valence-electron chi connectivity index (χ1n) is 8.03. The highest BCUT2D eigenvalue weighted by Gasteiger charge is 2.43. The second-order valence-electron chi connectivity index (χ2n) is 5.84. The number of carbonyl (C=O) groups is 2. The van der Waals surface area contributed by atoms with Gasteiger partial charge in [0, 0.05) is 18.3 Å². The molecule has 2 amide bonds. The highest BCUT2D eigenvalue weighted by Crippen LogP contribution is 2.33. The molecule has 0 aromatic rings. The Morgan fingerprint density at radius 3 is 2.57 bits per heavy atom. The van der Waals surface area contributed by atoms with E-state index in [1.165, 1.54) is 0 Å². The summed E-state index contributed by atoms with van der Waals surface area (Å²) in [5.74, 6) is -0.376. The van der Waals surface area contributed by atoms with Crippen LogP contribution in [-0.4, -0.2) is 56.7 Å². The van der Waals surface area contributed by atoms with Crippen LogP contribution in [0.4, 0.5) is 4.79 Å². The fraction of sp³-hybridized carbons (Fsp3) is 0.867. The van der Waals surface area contributed by atoms with Gasteiger partial charge >= 0.3 is 12.0 Å². The largest absolute Gasteiger partial charge is 0.480 e. The summed E-state index contributed by atoms with van der Waals surface area (Å²) in [6.07, 6.45) is 6.13. The van der Waals surface area contributed by atoms with Crippen LogP contribution >= 0.6 is 11.8 Å². The Bertz CT molecular complexity index is 391. The molecule has 0 bridgehead atoms. The third-order valence-electron chi connectivity index (χ3n) is 4.54. The van der Waals surface area contributed by atoms with Crippen molar-refractivity contribution in [3.63, 3.8) is 0 Å². The number of aliphatic carboxylic acids is 1. The maximum Gasteiger partial charge on any atom is 0.327 e. The monoisotopic (exact) mass is 314 g/mol. The predicted molar refractivity (Wildman–Crippen MR) is 84.4 cm³/mol. The molecule has 0 radical (unpaired) electrons. The van der Waals surface area contributed by atoms with Gasteiger partial charge < -0.3 is 10.0 Å². The summed E-state index contributed by atoms with van der Waals surface area (Å²) in [5, 5.41) is 9.40. The van der Waals surface area contributed by atoms with Crippen LogP contribution in [0.25, 0.3) is 0 Å². The lowest BCUT2D eigenvalue weighted by Gasteiger charge is -2.36. The average Bonchev–Trinajstić information content (AvgIpc) is 2.77. The molecular formula is C15H26N2O3S. The van der Waals surface area contributed by atoms with E-state index in [1.807, 2.05) is 11.8 Å². The van der Waals surface area contributed by atoms with Crippen molar-refractivity contribution in [1.82, 2.24) is 9.80 Å². The zero-order chi connectivity index (χ0) is 15.4. The van der Waals surface area contributed by atoms with Crippen molar-refractivity contribution in [2.24, 2.45) is 0 Å². The molecular weight excluding hydrogens is 288 g/mol. The fourth-order valence-corrected chi connectivity index (χ4v) is 4.67. The van der Waals surface area contributed by atoms with Gasteiger partial charge in [0.25, 0.3) is 0 Å². The van der Waals surface area contributed by atoms with Crippen LogP contribution in [0, 0.1) is 0 Å². The van der Waals surface area contributed by atoms with Crippen molar-refractivity contribution in [3.05, 3.63) is 0 Å². The van der Waals surface area contributed by atoms with E-state index >= 15 is 0 Å². The molecule has 120 valence electrons. The second-order valence-corrected chi connectivity index (χ2v) is 7.06. The third-order valence-corrected chi connectivity index (χ3v) is 6.00. The minimum absolute atomic E-state index is 0.000593. The summed E-state index contributed by atoms with van der Waals surface area (Å²) in [7, 11) is 0. The first kappa shape index (κ1) is 16.5. The minimum Gasteiger partial charge on any atom is -0.480 e. The van der Waals surface area contributed by atoms with E-state index in [2.05, 4.69) is 6.92 Å². The maximum absolute atomic E-state index is 13.0. The van der Waals surface area contributed by atoms with Gasteiger partial charge in [-0.05, 0) is 25.7 Å². The Morgan fingerprint density at radius 2 is 1.95 bits per heavy atom. The number of hydrogen-bond acceptors (Lipinski definition) is 3. The van der Waals surface area contributed by atoms with Gasteiger partial charge in [-0.15, -0.1) is 11.8 Å². The van der Waals surface area contributed by atoms with Gasteiger partial charge in [-0.2, -0.15) is 0 Å². The van der Waals surface area contributed by atoms with Gasteiger partial charge in [0.05, 0.1) is 5.37 Å². The molecule has 0 aliphatic carbocycles. The second kappa shape index (κ2) is 7.38. The van der Waals surface area contributed by atoms with Crippen LogP contribution in [-0.2, 0) is 4.79 Å². The van der Waals surface area contributed by atoms with Crippen LogP contribution in [0.1, 0.15) is 52.4 Å². The van der Waals surface area contributed by atoms with E-state index in [4.69, 9.17) is 0 Å². The lowest BCUT2D eigenvalue weighted by molar-refractivity contribution is -0.141. The molecule has 0 aromatic heterocycles. The molecule has 2 aliphatic rings. The van der Waals surface area contributed by atoms with Crippen molar-refractivity contribution < 1.29 is 14.7 Å². The number of nitrogens with zero attached hydrogens (tertiary/aromatic N) is 2. The number of urea groups is 1. The van der Waals surface area contributed by atoms with E-state index in [-0.39, 0.29) is 17.4 Å². The highest BCUT2D eigenvalue weighted by atomic mass is 32.2.